The molecule has 184 valence electrons. The highest BCUT2D eigenvalue weighted by atomic mass is 35.5. The molecule has 0 atom stereocenters. The minimum absolute atomic E-state index is 0.159. The second kappa shape index (κ2) is 11.2. The van der Waals surface area contributed by atoms with Crippen molar-refractivity contribution in [2.24, 2.45) is 0 Å². The van der Waals surface area contributed by atoms with Gasteiger partial charge in [-0.15, -0.1) is 0 Å². The molecule has 3 N–H and O–H groups in total. The molecule has 0 unspecified atom stereocenters. The molecule has 3 aromatic carbocycles. The fourth-order valence-corrected chi connectivity index (χ4v) is 4.72. The fourth-order valence-electron chi connectivity index (χ4n) is 3.31. The smallest absolute Gasteiger partial charge is 0.328 e. The summed E-state index contributed by atoms with van der Waals surface area (Å²) in [5.41, 5.74) is 1.60. The zero-order valence-electron chi connectivity index (χ0n) is 18.9. The number of rotatable bonds is 8. The molecule has 0 saturated carbocycles. The van der Waals surface area contributed by atoms with Crippen molar-refractivity contribution in [1.82, 2.24) is 15.4 Å². The quantitative estimate of drug-likeness (QED) is 0.419. The number of hydrogen-bond acceptors (Lipinski definition) is 5. The van der Waals surface area contributed by atoms with Gasteiger partial charge in [-0.25, -0.2) is 22.3 Å². The number of nitrogens with one attached hydrogen (secondary N) is 3. The summed E-state index contributed by atoms with van der Waals surface area (Å²) in [5, 5.41) is 5.34. The summed E-state index contributed by atoms with van der Waals surface area (Å²) < 4.78 is 46.4. The van der Waals surface area contributed by atoms with Crippen molar-refractivity contribution in [3.05, 3.63) is 82.6 Å². The van der Waals surface area contributed by atoms with Crippen molar-refractivity contribution in [1.29, 1.82) is 0 Å². The summed E-state index contributed by atoms with van der Waals surface area (Å²) in [7, 11) is -1.52. The highest BCUT2D eigenvalue weighted by molar-refractivity contribution is 7.90. The Morgan fingerprint density at radius 2 is 1.74 bits per heavy atom. The SMILES string of the molecule is CNC(=O)NS(=O)(=O)c1cc(CCNC(=O)c2cc(Cl)ccc2OC)ccc1-c1ccc(F)cc1. The van der Waals surface area contributed by atoms with Crippen LogP contribution in [0.15, 0.2) is 65.6 Å². The van der Waals surface area contributed by atoms with Crippen LogP contribution in [0.5, 0.6) is 5.75 Å². The Balaban J connectivity index is 1.86. The highest BCUT2D eigenvalue weighted by Gasteiger charge is 2.22. The first-order valence-electron chi connectivity index (χ1n) is 10.4. The maximum absolute atomic E-state index is 13.4. The number of carbonyl (C=O) groups is 2. The number of ether oxygens (including phenoxy) is 1. The van der Waals surface area contributed by atoms with Crippen LogP contribution in [-0.2, 0) is 16.4 Å². The molecule has 3 aromatic rings. The standard InChI is InChI=1S/C24H23ClFN3O5S/c1-27-24(31)29-35(32,33)22-13-15(3-9-19(22)16-4-7-18(26)8-5-16)11-12-28-23(30)20-14-17(25)6-10-21(20)34-2/h3-10,13-14H,11-12H2,1-2H3,(H,28,30)(H2,27,29,31). The van der Waals surface area contributed by atoms with Crippen molar-refractivity contribution >= 4 is 33.6 Å². The van der Waals surface area contributed by atoms with Gasteiger partial charge < -0.3 is 15.4 Å². The Bertz CT molecular complexity index is 1350. The van der Waals surface area contributed by atoms with Gasteiger partial charge in [-0.2, -0.15) is 0 Å². The number of halogens is 2. The predicted molar refractivity (Wildman–Crippen MR) is 131 cm³/mol. The average Bonchev–Trinajstić information content (AvgIpc) is 2.84. The number of urea groups is 1. The van der Waals surface area contributed by atoms with Gasteiger partial charge in [-0.05, 0) is 53.9 Å². The van der Waals surface area contributed by atoms with Crippen LogP contribution in [-0.4, -0.2) is 41.1 Å². The van der Waals surface area contributed by atoms with Gasteiger partial charge in [-0.1, -0.05) is 35.9 Å². The molecular weight excluding hydrogens is 497 g/mol. The topological polar surface area (TPSA) is 114 Å². The first kappa shape index (κ1) is 26.0. The van der Waals surface area contributed by atoms with Gasteiger partial charge in [0.2, 0.25) is 0 Å². The van der Waals surface area contributed by atoms with E-state index in [4.69, 9.17) is 16.3 Å². The van der Waals surface area contributed by atoms with Crippen LogP contribution in [0, 0.1) is 5.82 Å². The van der Waals surface area contributed by atoms with E-state index in [-0.39, 0.29) is 22.6 Å². The minimum Gasteiger partial charge on any atom is -0.496 e. The van der Waals surface area contributed by atoms with E-state index in [0.717, 1.165) is 0 Å². The molecule has 0 spiro atoms. The van der Waals surface area contributed by atoms with Gasteiger partial charge in [0.25, 0.3) is 15.9 Å². The molecule has 0 fully saturated rings. The lowest BCUT2D eigenvalue weighted by molar-refractivity contribution is 0.0951. The third-order valence-electron chi connectivity index (χ3n) is 5.05. The Kier molecular flexibility index (Phi) is 8.31. The van der Waals surface area contributed by atoms with Crippen LogP contribution in [0.4, 0.5) is 9.18 Å². The Morgan fingerprint density at radius 3 is 2.40 bits per heavy atom. The number of hydrogen-bond donors (Lipinski definition) is 3. The summed E-state index contributed by atoms with van der Waals surface area (Å²) in [5.74, 6) is -0.504. The van der Waals surface area contributed by atoms with E-state index >= 15 is 0 Å². The van der Waals surface area contributed by atoms with E-state index in [9.17, 15) is 22.4 Å². The predicted octanol–water partition coefficient (Wildman–Crippen LogP) is 3.74. The van der Waals surface area contributed by atoms with Crippen molar-refractivity contribution in [2.45, 2.75) is 11.3 Å². The van der Waals surface area contributed by atoms with Crippen LogP contribution >= 0.6 is 11.6 Å². The van der Waals surface area contributed by atoms with Crippen molar-refractivity contribution in [3.8, 4) is 16.9 Å². The largest absolute Gasteiger partial charge is 0.496 e. The molecule has 0 radical (unpaired) electrons. The van der Waals surface area contributed by atoms with Crippen LogP contribution in [0.1, 0.15) is 15.9 Å². The van der Waals surface area contributed by atoms with Crippen molar-refractivity contribution in [3.63, 3.8) is 0 Å². The van der Waals surface area contributed by atoms with E-state index in [1.165, 1.54) is 50.6 Å². The lowest BCUT2D eigenvalue weighted by Gasteiger charge is -2.14. The van der Waals surface area contributed by atoms with Crippen molar-refractivity contribution < 1.29 is 27.1 Å². The molecule has 0 aliphatic carbocycles. The molecule has 0 aliphatic heterocycles. The maximum Gasteiger partial charge on any atom is 0.328 e. The summed E-state index contributed by atoms with van der Waals surface area (Å²) in [4.78, 5) is 24.1. The third-order valence-corrected chi connectivity index (χ3v) is 6.66. The van der Waals surface area contributed by atoms with E-state index < -0.39 is 27.8 Å². The second-order valence-corrected chi connectivity index (χ2v) is 9.46. The maximum atomic E-state index is 13.4. The minimum atomic E-state index is -4.26. The number of amides is 3. The molecule has 0 heterocycles. The summed E-state index contributed by atoms with van der Waals surface area (Å²) in [6, 6.07) is 13.8. The van der Waals surface area contributed by atoms with Gasteiger partial charge in [0.1, 0.15) is 11.6 Å². The molecule has 8 nitrogen and oxygen atoms in total. The molecule has 3 amide bonds. The number of methoxy groups -OCH3 is 1. The van der Waals surface area contributed by atoms with Gasteiger partial charge in [0.15, 0.2) is 0 Å². The lowest BCUT2D eigenvalue weighted by atomic mass is 10.0. The molecule has 0 bridgehead atoms. The number of benzene rings is 3. The monoisotopic (exact) mass is 519 g/mol. The number of sulfonamides is 1. The second-order valence-electron chi connectivity index (χ2n) is 7.37. The zero-order valence-corrected chi connectivity index (χ0v) is 20.5. The Labute approximate surface area is 207 Å². The van der Waals surface area contributed by atoms with E-state index in [1.54, 1.807) is 24.3 Å². The molecule has 35 heavy (non-hydrogen) atoms. The number of carbonyl (C=O) groups excluding carboxylic acids is 2. The fraction of sp³-hybridized carbons (Fsp3) is 0.167. The van der Waals surface area contributed by atoms with Crippen molar-refractivity contribution in [2.75, 3.05) is 20.7 Å². The van der Waals surface area contributed by atoms with Crippen LogP contribution < -0.4 is 20.1 Å². The van der Waals surface area contributed by atoms with Crippen LogP contribution in [0.3, 0.4) is 0 Å². The Morgan fingerprint density at radius 1 is 1.03 bits per heavy atom. The van der Waals surface area contributed by atoms with E-state index in [1.807, 2.05) is 4.72 Å². The summed E-state index contributed by atoms with van der Waals surface area (Å²) in [6.45, 7) is 0.187. The zero-order chi connectivity index (χ0) is 25.6. The summed E-state index contributed by atoms with van der Waals surface area (Å²) in [6.07, 6.45) is 0.292. The third kappa shape index (κ3) is 6.49. The van der Waals surface area contributed by atoms with E-state index in [0.29, 0.717) is 28.3 Å². The lowest BCUT2D eigenvalue weighted by Crippen LogP contribution is -2.37. The van der Waals surface area contributed by atoms with Gasteiger partial charge in [0.05, 0.1) is 17.6 Å². The highest BCUT2D eigenvalue weighted by Crippen LogP contribution is 2.29. The molecule has 3 rings (SSSR count). The first-order valence-corrected chi connectivity index (χ1v) is 12.3. The molecular formula is C24H23ClFN3O5S. The molecule has 11 heteroatoms. The Hall–Kier alpha value is -3.63. The van der Waals surface area contributed by atoms with Gasteiger partial charge in [-0.3, -0.25) is 4.79 Å². The first-order chi connectivity index (χ1) is 16.6. The molecule has 0 aliphatic rings. The summed E-state index contributed by atoms with van der Waals surface area (Å²) >= 11 is 5.98. The van der Waals surface area contributed by atoms with Crippen LogP contribution in [0.25, 0.3) is 11.1 Å². The van der Waals surface area contributed by atoms with Gasteiger partial charge in [0, 0.05) is 24.2 Å². The van der Waals surface area contributed by atoms with Gasteiger partial charge >= 0.3 is 6.03 Å². The van der Waals surface area contributed by atoms with Crippen LogP contribution in [0.2, 0.25) is 5.02 Å². The molecule has 0 saturated heterocycles. The average molecular weight is 520 g/mol. The van der Waals surface area contributed by atoms with E-state index in [2.05, 4.69) is 10.6 Å². The molecule has 0 aromatic heterocycles. The normalized spacial score (nSPS) is 11.0.